The Morgan fingerprint density at radius 3 is 2.33 bits per heavy atom. The van der Waals surface area contributed by atoms with E-state index in [1.165, 1.54) is 11.8 Å². The van der Waals surface area contributed by atoms with Crippen LogP contribution in [0.3, 0.4) is 0 Å². The molecule has 0 aliphatic rings. The molecule has 140 valence electrons. The largest absolute Gasteiger partial charge is 0.482 e. The highest BCUT2D eigenvalue weighted by Crippen LogP contribution is 2.16. The van der Waals surface area contributed by atoms with Crippen LogP contribution in [0.15, 0.2) is 48.5 Å². The fourth-order valence-corrected chi connectivity index (χ4v) is 3.17. The molecule has 6 nitrogen and oxygen atoms in total. The van der Waals surface area contributed by atoms with E-state index in [1.807, 2.05) is 24.3 Å². The molecule has 0 fully saturated rings. The van der Waals surface area contributed by atoms with E-state index in [0.717, 1.165) is 11.1 Å². The normalized spacial score (nSPS) is 10.1. The molecule has 0 spiro atoms. The van der Waals surface area contributed by atoms with E-state index in [2.05, 4.69) is 6.07 Å². The van der Waals surface area contributed by atoms with Gasteiger partial charge in [-0.15, -0.1) is 11.8 Å². The van der Waals surface area contributed by atoms with Gasteiger partial charge in [-0.25, -0.2) is 4.79 Å². The van der Waals surface area contributed by atoms with Crippen LogP contribution in [0.4, 0.5) is 0 Å². The first kappa shape index (κ1) is 20.3. The second-order valence-corrected chi connectivity index (χ2v) is 6.86. The molecule has 1 amide bonds. The first-order valence-electron chi connectivity index (χ1n) is 8.22. The molecule has 27 heavy (non-hydrogen) atoms. The number of carboxylic acid groups (broad SMARTS) is 1. The van der Waals surface area contributed by atoms with Crippen LogP contribution in [0.25, 0.3) is 0 Å². The maximum atomic E-state index is 12.3. The second kappa shape index (κ2) is 10.2. The number of ether oxygens (including phenoxy) is 1. The van der Waals surface area contributed by atoms with E-state index >= 15 is 0 Å². The summed E-state index contributed by atoms with van der Waals surface area (Å²) in [6.07, 6.45) is 0. The number of carboxylic acids is 1. The Hall–Kier alpha value is -2.98. The van der Waals surface area contributed by atoms with Gasteiger partial charge in [0.05, 0.1) is 17.4 Å². The quantitative estimate of drug-likeness (QED) is 0.715. The zero-order valence-electron chi connectivity index (χ0n) is 14.9. The average molecular weight is 384 g/mol. The Balaban J connectivity index is 1.75. The highest BCUT2D eigenvalue weighted by Gasteiger charge is 2.10. The third kappa shape index (κ3) is 7.04. The Bertz CT molecular complexity index is 813. The van der Waals surface area contributed by atoms with Crippen molar-refractivity contribution in [1.29, 1.82) is 5.26 Å². The first-order chi connectivity index (χ1) is 13.0. The summed E-state index contributed by atoms with van der Waals surface area (Å²) in [5.74, 6) is 0.563. The van der Waals surface area contributed by atoms with Gasteiger partial charge in [-0.1, -0.05) is 24.3 Å². The van der Waals surface area contributed by atoms with Crippen molar-refractivity contribution < 1.29 is 19.4 Å². The molecule has 7 heteroatoms. The number of nitriles is 1. The summed E-state index contributed by atoms with van der Waals surface area (Å²) in [6, 6.07) is 16.4. The Morgan fingerprint density at radius 2 is 1.74 bits per heavy atom. The highest BCUT2D eigenvalue weighted by molar-refractivity contribution is 7.99. The number of carbonyl (C=O) groups excluding carboxylic acids is 1. The fourth-order valence-electron chi connectivity index (χ4n) is 2.24. The molecule has 2 aromatic carbocycles. The molecule has 0 heterocycles. The van der Waals surface area contributed by atoms with Gasteiger partial charge in [0.1, 0.15) is 5.75 Å². The summed E-state index contributed by atoms with van der Waals surface area (Å²) in [7, 11) is 1.75. The number of hydrogen-bond donors (Lipinski definition) is 1. The predicted molar refractivity (Wildman–Crippen MR) is 103 cm³/mol. The van der Waals surface area contributed by atoms with Crippen LogP contribution in [0.1, 0.15) is 16.7 Å². The van der Waals surface area contributed by atoms with Crippen molar-refractivity contribution >= 4 is 23.6 Å². The summed E-state index contributed by atoms with van der Waals surface area (Å²) in [4.78, 5) is 24.4. The molecular formula is C20H20N2O4S. The summed E-state index contributed by atoms with van der Waals surface area (Å²) in [5.41, 5.74) is 2.64. The van der Waals surface area contributed by atoms with Gasteiger partial charge in [-0.05, 0) is 35.4 Å². The minimum Gasteiger partial charge on any atom is -0.482 e. The topological polar surface area (TPSA) is 90.6 Å². The van der Waals surface area contributed by atoms with Gasteiger partial charge >= 0.3 is 5.97 Å². The SMILES string of the molecule is CN(Cc1ccc(OCC(=O)O)cc1)C(=O)CSCc1ccc(C#N)cc1. The van der Waals surface area contributed by atoms with Crippen molar-refractivity contribution in [1.82, 2.24) is 4.90 Å². The maximum absolute atomic E-state index is 12.3. The number of nitrogens with zero attached hydrogens (tertiary/aromatic N) is 2. The maximum Gasteiger partial charge on any atom is 0.341 e. The third-order valence-electron chi connectivity index (χ3n) is 3.71. The van der Waals surface area contributed by atoms with Crippen molar-refractivity contribution in [2.75, 3.05) is 19.4 Å². The molecule has 0 aliphatic carbocycles. The number of amides is 1. The van der Waals surface area contributed by atoms with Crippen LogP contribution in [-0.4, -0.2) is 41.3 Å². The lowest BCUT2D eigenvalue weighted by Gasteiger charge is -2.17. The van der Waals surface area contributed by atoms with E-state index in [9.17, 15) is 9.59 Å². The smallest absolute Gasteiger partial charge is 0.341 e. The van der Waals surface area contributed by atoms with Gasteiger partial charge in [0, 0.05) is 19.3 Å². The van der Waals surface area contributed by atoms with E-state index < -0.39 is 5.97 Å². The van der Waals surface area contributed by atoms with Crippen LogP contribution in [0.2, 0.25) is 0 Å². The van der Waals surface area contributed by atoms with E-state index in [0.29, 0.717) is 29.4 Å². The van der Waals surface area contributed by atoms with Crippen LogP contribution in [-0.2, 0) is 21.9 Å². The van der Waals surface area contributed by atoms with Gasteiger partial charge < -0.3 is 14.7 Å². The fraction of sp³-hybridized carbons (Fsp3) is 0.250. The van der Waals surface area contributed by atoms with Crippen LogP contribution in [0, 0.1) is 11.3 Å². The number of benzene rings is 2. The minimum absolute atomic E-state index is 0.0276. The molecular weight excluding hydrogens is 364 g/mol. The minimum atomic E-state index is -1.03. The third-order valence-corrected chi connectivity index (χ3v) is 4.70. The highest BCUT2D eigenvalue weighted by atomic mass is 32.2. The second-order valence-electron chi connectivity index (χ2n) is 5.88. The summed E-state index contributed by atoms with van der Waals surface area (Å²) >= 11 is 1.53. The number of aliphatic carboxylic acids is 1. The first-order valence-corrected chi connectivity index (χ1v) is 9.37. The summed E-state index contributed by atoms with van der Waals surface area (Å²) < 4.78 is 5.08. The van der Waals surface area contributed by atoms with Gasteiger partial charge in [0.25, 0.3) is 0 Å². The van der Waals surface area contributed by atoms with Crippen LogP contribution in [0.5, 0.6) is 5.75 Å². The molecule has 0 unspecified atom stereocenters. The average Bonchev–Trinajstić information content (AvgIpc) is 2.67. The zero-order valence-corrected chi connectivity index (χ0v) is 15.7. The monoisotopic (exact) mass is 384 g/mol. The van der Waals surface area contributed by atoms with Crippen LogP contribution >= 0.6 is 11.8 Å². The lowest BCUT2D eigenvalue weighted by Crippen LogP contribution is -2.27. The molecule has 1 N–H and O–H groups in total. The van der Waals surface area contributed by atoms with Crippen LogP contribution < -0.4 is 4.74 Å². The molecule has 0 saturated carbocycles. The number of thioether (sulfide) groups is 1. The molecule has 0 bridgehead atoms. The Kier molecular flexibility index (Phi) is 7.71. The van der Waals surface area contributed by atoms with Crippen molar-refractivity contribution in [3.63, 3.8) is 0 Å². The zero-order chi connectivity index (χ0) is 19.6. The number of carbonyl (C=O) groups is 2. The lowest BCUT2D eigenvalue weighted by molar-refractivity contribution is -0.139. The van der Waals surface area contributed by atoms with E-state index in [4.69, 9.17) is 15.1 Å². The lowest BCUT2D eigenvalue weighted by atomic mass is 10.2. The standard InChI is InChI=1S/C20H20N2O4S/c1-22(11-16-6-8-18(9-7-16)26-12-20(24)25)19(23)14-27-13-17-4-2-15(10-21)3-5-17/h2-9H,11-14H2,1H3,(H,24,25). The van der Waals surface area contributed by atoms with Gasteiger partial charge in [-0.3, -0.25) is 4.79 Å². The molecule has 0 aromatic heterocycles. The van der Waals surface area contributed by atoms with Crippen molar-refractivity contribution in [3.05, 3.63) is 65.2 Å². The van der Waals surface area contributed by atoms with E-state index in [1.54, 1.807) is 36.2 Å². The summed E-state index contributed by atoms with van der Waals surface area (Å²) in [5, 5.41) is 17.4. The number of rotatable bonds is 9. The summed E-state index contributed by atoms with van der Waals surface area (Å²) in [6.45, 7) is 0.0870. The molecule has 0 saturated heterocycles. The molecule has 2 rings (SSSR count). The molecule has 2 aromatic rings. The molecule has 0 atom stereocenters. The van der Waals surface area contributed by atoms with E-state index in [-0.39, 0.29) is 12.5 Å². The Morgan fingerprint density at radius 1 is 1.11 bits per heavy atom. The van der Waals surface area contributed by atoms with Gasteiger partial charge in [0.15, 0.2) is 6.61 Å². The van der Waals surface area contributed by atoms with Gasteiger partial charge in [0.2, 0.25) is 5.91 Å². The molecule has 0 radical (unpaired) electrons. The molecule has 0 aliphatic heterocycles. The Labute approximate surface area is 162 Å². The predicted octanol–water partition coefficient (Wildman–Crippen LogP) is 2.91. The number of hydrogen-bond acceptors (Lipinski definition) is 5. The van der Waals surface area contributed by atoms with Crippen molar-refractivity contribution in [3.8, 4) is 11.8 Å². The van der Waals surface area contributed by atoms with Crippen molar-refractivity contribution in [2.45, 2.75) is 12.3 Å². The van der Waals surface area contributed by atoms with Gasteiger partial charge in [-0.2, -0.15) is 5.26 Å². The van der Waals surface area contributed by atoms with Crippen molar-refractivity contribution in [2.24, 2.45) is 0 Å².